The average Bonchev–Trinajstić information content (AvgIpc) is 2.54. The fourth-order valence-electron chi connectivity index (χ4n) is 2.23. The molecule has 0 aliphatic rings. The molecule has 0 heterocycles. The quantitative estimate of drug-likeness (QED) is 0.619. The molecule has 0 unspecified atom stereocenters. The number of hydrogen-bond acceptors (Lipinski definition) is 6. The van der Waals surface area contributed by atoms with Crippen LogP contribution in [0.15, 0.2) is 23.1 Å². The summed E-state index contributed by atoms with van der Waals surface area (Å²) in [6.45, 7) is 3.04. The standard InChI is InChI=1S/C16H23NO7S/c1-4-6-17(10-15(18)19)25(21,22)14-8-12(11-23-3)7-13(9-14)16(20)24-5-2/h7-9H,4-6,10-11H2,1-3H3,(H,18,19). The first-order valence-corrected chi connectivity index (χ1v) is 9.22. The van der Waals surface area contributed by atoms with Gasteiger partial charge in [-0.1, -0.05) is 6.92 Å². The highest BCUT2D eigenvalue weighted by Crippen LogP contribution is 2.21. The Morgan fingerprint density at radius 3 is 2.40 bits per heavy atom. The van der Waals surface area contributed by atoms with Gasteiger partial charge in [0.25, 0.3) is 0 Å². The highest BCUT2D eigenvalue weighted by Gasteiger charge is 2.27. The molecule has 0 aliphatic carbocycles. The van der Waals surface area contributed by atoms with Crippen molar-refractivity contribution in [3.05, 3.63) is 29.3 Å². The fraction of sp³-hybridized carbons (Fsp3) is 0.500. The molecule has 0 saturated carbocycles. The van der Waals surface area contributed by atoms with Gasteiger partial charge in [0.1, 0.15) is 6.54 Å². The van der Waals surface area contributed by atoms with Gasteiger partial charge in [-0.15, -0.1) is 0 Å². The summed E-state index contributed by atoms with van der Waals surface area (Å²) in [4.78, 5) is 22.8. The van der Waals surface area contributed by atoms with Crippen LogP contribution in [0.3, 0.4) is 0 Å². The summed E-state index contributed by atoms with van der Waals surface area (Å²) in [5.41, 5.74) is 0.542. The Balaban J connectivity index is 3.40. The van der Waals surface area contributed by atoms with Crippen molar-refractivity contribution in [3.63, 3.8) is 0 Å². The summed E-state index contributed by atoms with van der Waals surface area (Å²) >= 11 is 0. The van der Waals surface area contributed by atoms with E-state index in [1.54, 1.807) is 13.8 Å². The molecule has 0 bridgehead atoms. The Morgan fingerprint density at radius 2 is 1.88 bits per heavy atom. The molecular formula is C16H23NO7S. The zero-order valence-corrected chi connectivity index (χ0v) is 15.3. The number of aliphatic carboxylic acids is 1. The molecule has 0 fully saturated rings. The van der Waals surface area contributed by atoms with E-state index in [2.05, 4.69) is 0 Å². The molecule has 25 heavy (non-hydrogen) atoms. The molecule has 140 valence electrons. The summed E-state index contributed by atoms with van der Waals surface area (Å²) in [7, 11) is -2.64. The normalized spacial score (nSPS) is 11.5. The lowest BCUT2D eigenvalue weighted by atomic mass is 10.1. The summed E-state index contributed by atoms with van der Waals surface area (Å²) in [6.07, 6.45) is 0.453. The number of ether oxygens (including phenoxy) is 2. The lowest BCUT2D eigenvalue weighted by Gasteiger charge is -2.20. The van der Waals surface area contributed by atoms with Gasteiger partial charge in [0, 0.05) is 13.7 Å². The smallest absolute Gasteiger partial charge is 0.338 e. The first-order valence-electron chi connectivity index (χ1n) is 7.78. The first kappa shape index (κ1) is 21.1. The molecule has 8 nitrogen and oxygen atoms in total. The van der Waals surface area contributed by atoms with E-state index >= 15 is 0 Å². The van der Waals surface area contributed by atoms with Crippen LogP contribution in [0.5, 0.6) is 0 Å². The van der Waals surface area contributed by atoms with Gasteiger partial charge >= 0.3 is 11.9 Å². The second-order valence-electron chi connectivity index (χ2n) is 5.25. The number of carbonyl (C=O) groups is 2. The van der Waals surface area contributed by atoms with Crippen LogP contribution in [0.4, 0.5) is 0 Å². The van der Waals surface area contributed by atoms with Gasteiger partial charge in [0.15, 0.2) is 0 Å². The van der Waals surface area contributed by atoms with Gasteiger partial charge in [0.05, 0.1) is 23.7 Å². The number of esters is 1. The number of benzene rings is 1. The topological polar surface area (TPSA) is 110 Å². The fourth-order valence-corrected chi connectivity index (χ4v) is 3.80. The molecule has 0 aromatic heterocycles. The van der Waals surface area contributed by atoms with Gasteiger partial charge in [0.2, 0.25) is 10.0 Å². The van der Waals surface area contributed by atoms with E-state index in [4.69, 9.17) is 14.6 Å². The third-order valence-electron chi connectivity index (χ3n) is 3.21. The molecule has 0 amide bonds. The van der Waals surface area contributed by atoms with Gasteiger partial charge in [-0.2, -0.15) is 4.31 Å². The molecule has 0 radical (unpaired) electrons. The SMILES string of the molecule is CCCN(CC(=O)O)S(=O)(=O)c1cc(COC)cc(C(=O)OCC)c1. The molecule has 0 saturated heterocycles. The number of rotatable bonds is 10. The van der Waals surface area contributed by atoms with Crippen LogP contribution in [0.2, 0.25) is 0 Å². The van der Waals surface area contributed by atoms with Crippen LogP contribution in [-0.2, 0) is 30.9 Å². The zero-order chi connectivity index (χ0) is 19.0. The van der Waals surface area contributed by atoms with E-state index in [1.165, 1.54) is 25.3 Å². The van der Waals surface area contributed by atoms with Crippen molar-refractivity contribution in [2.24, 2.45) is 0 Å². The maximum absolute atomic E-state index is 12.8. The molecule has 1 aromatic carbocycles. The van der Waals surface area contributed by atoms with E-state index in [-0.39, 0.29) is 30.2 Å². The second-order valence-corrected chi connectivity index (χ2v) is 7.19. The van der Waals surface area contributed by atoms with Crippen LogP contribution in [0.25, 0.3) is 0 Å². The number of nitrogens with zero attached hydrogens (tertiary/aromatic N) is 1. The van der Waals surface area contributed by atoms with E-state index in [1.807, 2.05) is 0 Å². The van der Waals surface area contributed by atoms with Gasteiger partial charge in [-0.05, 0) is 37.1 Å². The highest BCUT2D eigenvalue weighted by atomic mass is 32.2. The van der Waals surface area contributed by atoms with Crippen molar-refractivity contribution in [3.8, 4) is 0 Å². The maximum Gasteiger partial charge on any atom is 0.338 e. The lowest BCUT2D eigenvalue weighted by molar-refractivity contribution is -0.137. The van der Waals surface area contributed by atoms with E-state index in [0.717, 1.165) is 4.31 Å². The summed E-state index contributed by atoms with van der Waals surface area (Å²) in [6, 6.07) is 4.05. The predicted octanol–water partition coefficient (Wildman–Crippen LogP) is 1.49. The van der Waals surface area contributed by atoms with Crippen LogP contribution in [-0.4, -0.2) is 56.6 Å². The van der Waals surface area contributed by atoms with Gasteiger partial charge in [-0.25, -0.2) is 13.2 Å². The van der Waals surface area contributed by atoms with Gasteiger partial charge < -0.3 is 14.6 Å². The summed E-state index contributed by atoms with van der Waals surface area (Å²) < 4.78 is 36.4. The molecule has 1 rings (SSSR count). The third kappa shape index (κ3) is 5.80. The Bertz CT molecular complexity index is 715. The van der Waals surface area contributed by atoms with Crippen LogP contribution in [0.1, 0.15) is 36.2 Å². The predicted molar refractivity (Wildman–Crippen MR) is 89.8 cm³/mol. The van der Waals surface area contributed by atoms with Crippen LogP contribution >= 0.6 is 0 Å². The Kier molecular flexibility index (Phi) is 8.01. The van der Waals surface area contributed by atoms with Crippen molar-refractivity contribution >= 4 is 22.0 Å². The minimum atomic E-state index is -4.08. The minimum Gasteiger partial charge on any atom is -0.480 e. The monoisotopic (exact) mass is 373 g/mol. The molecule has 0 spiro atoms. The average molecular weight is 373 g/mol. The summed E-state index contributed by atoms with van der Waals surface area (Å²) in [5.74, 6) is -1.91. The van der Waals surface area contributed by atoms with Crippen LogP contribution < -0.4 is 0 Å². The number of carboxylic acid groups (broad SMARTS) is 1. The van der Waals surface area contributed by atoms with Crippen molar-refractivity contribution < 1.29 is 32.6 Å². The second kappa shape index (κ2) is 9.50. The molecular weight excluding hydrogens is 350 g/mol. The van der Waals surface area contributed by atoms with Crippen molar-refractivity contribution in [1.82, 2.24) is 4.31 Å². The number of carbonyl (C=O) groups excluding carboxylic acids is 1. The Hall–Kier alpha value is -1.97. The zero-order valence-electron chi connectivity index (χ0n) is 14.5. The molecule has 0 atom stereocenters. The van der Waals surface area contributed by atoms with E-state index in [9.17, 15) is 18.0 Å². The van der Waals surface area contributed by atoms with Gasteiger partial charge in [-0.3, -0.25) is 4.79 Å². The first-order chi connectivity index (χ1) is 11.8. The van der Waals surface area contributed by atoms with E-state index < -0.39 is 28.5 Å². The van der Waals surface area contributed by atoms with Crippen LogP contribution in [0, 0.1) is 0 Å². The summed E-state index contributed by atoms with van der Waals surface area (Å²) in [5, 5.41) is 8.97. The number of carboxylic acids is 1. The third-order valence-corrected chi connectivity index (χ3v) is 5.03. The molecule has 1 aromatic rings. The minimum absolute atomic E-state index is 0.0535. The number of methoxy groups -OCH3 is 1. The number of hydrogen-bond donors (Lipinski definition) is 1. The Labute approximate surface area is 147 Å². The van der Waals surface area contributed by atoms with E-state index in [0.29, 0.717) is 12.0 Å². The Morgan fingerprint density at radius 1 is 1.20 bits per heavy atom. The molecule has 0 aliphatic heterocycles. The van der Waals surface area contributed by atoms with Crippen molar-refractivity contribution in [2.45, 2.75) is 31.8 Å². The van der Waals surface area contributed by atoms with Crippen molar-refractivity contribution in [1.29, 1.82) is 0 Å². The molecule has 9 heteroatoms. The lowest BCUT2D eigenvalue weighted by Crippen LogP contribution is -2.36. The number of sulfonamides is 1. The van der Waals surface area contributed by atoms with Crippen molar-refractivity contribution in [2.75, 3.05) is 26.8 Å². The molecule has 1 N–H and O–H groups in total. The maximum atomic E-state index is 12.8. The highest BCUT2D eigenvalue weighted by molar-refractivity contribution is 7.89. The largest absolute Gasteiger partial charge is 0.480 e.